The Morgan fingerprint density at radius 2 is 1.70 bits per heavy atom. The molecule has 1 fully saturated rings. The zero-order valence-electron chi connectivity index (χ0n) is 16.4. The van der Waals surface area contributed by atoms with Gasteiger partial charge in [0.15, 0.2) is 21.8 Å². The van der Waals surface area contributed by atoms with Gasteiger partial charge >= 0.3 is 10.1 Å². The molecule has 3 aromatic rings. The van der Waals surface area contributed by atoms with Crippen LogP contribution in [0.5, 0.6) is 17.2 Å². The summed E-state index contributed by atoms with van der Waals surface area (Å²) in [6.07, 6.45) is -8.17. The second kappa shape index (κ2) is 8.11. The first-order valence-corrected chi connectivity index (χ1v) is 10.8. The van der Waals surface area contributed by atoms with Crippen LogP contribution < -0.4 is 10.2 Å². The highest BCUT2D eigenvalue weighted by atomic mass is 32.2. The number of fused-ring (bicyclic) bond motifs is 2. The van der Waals surface area contributed by atoms with Crippen molar-refractivity contribution in [2.24, 2.45) is 0 Å². The van der Waals surface area contributed by atoms with E-state index in [2.05, 4.69) is 0 Å². The summed E-state index contributed by atoms with van der Waals surface area (Å²) in [5, 5.41) is 58.5. The minimum absolute atomic E-state index is 0.216. The van der Waals surface area contributed by atoms with Gasteiger partial charge < -0.3 is 44.5 Å². The molecular weight excluding hydrogens is 468 g/mol. The average Bonchev–Trinajstić information content (AvgIpc) is 2.73. The number of aliphatic hydroxyl groups excluding tert-OH is 4. The number of phenolic OH excluding ortho intramolecular Hbond substituents is 2. The minimum Gasteiger partial charge on any atom is -0.507 e. The van der Waals surface area contributed by atoms with Crippen LogP contribution in [0.2, 0.25) is 0 Å². The number of rotatable bonds is 4. The molecule has 0 saturated carbocycles. The summed E-state index contributed by atoms with van der Waals surface area (Å²) in [5.74, 6) is -2.21. The molecule has 2 aromatic carbocycles. The van der Waals surface area contributed by atoms with E-state index in [1.54, 1.807) is 0 Å². The highest BCUT2D eigenvalue weighted by Gasteiger charge is 2.45. The molecule has 4 rings (SSSR count). The number of ether oxygens (including phenoxy) is 2. The smallest absolute Gasteiger partial charge is 0.302 e. The predicted molar refractivity (Wildman–Crippen MR) is 108 cm³/mol. The third kappa shape index (κ3) is 3.76. The number of benzene rings is 2. The van der Waals surface area contributed by atoms with Gasteiger partial charge in [-0.1, -0.05) is 6.07 Å². The van der Waals surface area contributed by atoms with Crippen LogP contribution in [0.15, 0.2) is 38.4 Å². The van der Waals surface area contributed by atoms with Crippen LogP contribution >= 0.6 is 0 Å². The summed E-state index contributed by atoms with van der Waals surface area (Å²) in [6.45, 7) is -0.726. The standard InChI is InChI=1S/C19H18O13S/c20-5-10-13(24)14(25)15(26)19(31-10)30-9-3-1-2-6-12(23)11-7(21)4-8(22)18(33(27,28)29)17(11)32-16(6)9/h1-4,10,13-15,19-22,24-26H,5H2,(H,27,28,29). The first kappa shape index (κ1) is 23.2. The Morgan fingerprint density at radius 3 is 2.33 bits per heavy atom. The summed E-state index contributed by atoms with van der Waals surface area (Å²) in [5.41, 5.74) is -2.22. The number of hydrogen-bond donors (Lipinski definition) is 7. The molecule has 5 unspecified atom stereocenters. The van der Waals surface area contributed by atoms with Crippen LogP contribution in [0.1, 0.15) is 0 Å². The number of phenols is 2. The largest absolute Gasteiger partial charge is 0.507 e. The van der Waals surface area contributed by atoms with E-state index >= 15 is 0 Å². The van der Waals surface area contributed by atoms with Crippen molar-refractivity contribution in [2.75, 3.05) is 6.61 Å². The van der Waals surface area contributed by atoms with Crippen LogP contribution in [-0.4, -0.2) is 80.9 Å². The highest BCUT2D eigenvalue weighted by Crippen LogP contribution is 2.39. The Hall–Kier alpha value is -2.98. The minimum atomic E-state index is -5.12. The lowest BCUT2D eigenvalue weighted by Gasteiger charge is -2.39. The SMILES string of the molecule is O=c1c2cccc(OC3OC(CO)C(O)C(O)C3O)c2oc2c(S(=O)(=O)O)c(O)cc(O)c12. The fourth-order valence-corrected chi connectivity index (χ4v) is 4.30. The monoisotopic (exact) mass is 486 g/mol. The Labute approximate surface area is 184 Å². The Balaban J connectivity index is 1.94. The van der Waals surface area contributed by atoms with Gasteiger partial charge in [-0.3, -0.25) is 9.35 Å². The van der Waals surface area contributed by atoms with Crippen LogP contribution in [0.25, 0.3) is 21.9 Å². The van der Waals surface area contributed by atoms with Gasteiger partial charge in [0.05, 0.1) is 12.0 Å². The molecule has 2 heterocycles. The van der Waals surface area contributed by atoms with E-state index in [0.29, 0.717) is 6.07 Å². The molecule has 14 heteroatoms. The van der Waals surface area contributed by atoms with Crippen molar-refractivity contribution < 1.29 is 57.5 Å². The molecule has 0 spiro atoms. The fourth-order valence-electron chi connectivity index (χ4n) is 3.60. The van der Waals surface area contributed by atoms with Crippen LogP contribution in [0.4, 0.5) is 0 Å². The molecule has 33 heavy (non-hydrogen) atoms. The summed E-state index contributed by atoms with van der Waals surface area (Å²) >= 11 is 0. The lowest BCUT2D eigenvalue weighted by atomic mass is 9.99. The van der Waals surface area contributed by atoms with E-state index in [-0.39, 0.29) is 11.1 Å². The lowest BCUT2D eigenvalue weighted by molar-refractivity contribution is -0.277. The maximum Gasteiger partial charge on any atom is 0.302 e. The predicted octanol–water partition coefficient (Wildman–Crippen LogP) is -1.22. The first-order valence-electron chi connectivity index (χ1n) is 9.34. The number of aromatic hydroxyl groups is 2. The highest BCUT2D eigenvalue weighted by molar-refractivity contribution is 7.86. The molecule has 1 aliphatic rings. The van der Waals surface area contributed by atoms with Crippen molar-refractivity contribution in [2.45, 2.75) is 35.6 Å². The van der Waals surface area contributed by atoms with Gasteiger partial charge in [-0.25, -0.2) is 0 Å². The second-order valence-electron chi connectivity index (χ2n) is 7.30. The first-order chi connectivity index (χ1) is 15.5. The molecule has 5 atom stereocenters. The number of para-hydroxylation sites is 1. The molecule has 1 saturated heterocycles. The molecular formula is C19H18O13S. The van der Waals surface area contributed by atoms with Crippen molar-refractivity contribution in [3.05, 3.63) is 34.5 Å². The molecule has 7 N–H and O–H groups in total. The number of hydrogen-bond acceptors (Lipinski definition) is 12. The van der Waals surface area contributed by atoms with Gasteiger partial charge in [0, 0.05) is 6.07 Å². The van der Waals surface area contributed by atoms with Crippen molar-refractivity contribution in [1.29, 1.82) is 0 Å². The van der Waals surface area contributed by atoms with E-state index in [4.69, 9.17) is 13.9 Å². The quantitative estimate of drug-likeness (QED) is 0.170. The Morgan fingerprint density at radius 1 is 1.00 bits per heavy atom. The van der Waals surface area contributed by atoms with Gasteiger partial charge in [0.25, 0.3) is 0 Å². The number of aliphatic hydroxyl groups is 4. The van der Waals surface area contributed by atoms with Gasteiger partial charge in [0.1, 0.15) is 41.3 Å². The molecule has 1 aromatic heterocycles. The Bertz CT molecular complexity index is 1390. The molecule has 178 valence electrons. The summed E-state index contributed by atoms with van der Waals surface area (Å²) in [7, 11) is -5.12. The maximum atomic E-state index is 13.0. The topological polar surface area (TPSA) is 224 Å². The molecule has 13 nitrogen and oxygen atoms in total. The van der Waals surface area contributed by atoms with Gasteiger partial charge in [-0.05, 0) is 12.1 Å². The van der Waals surface area contributed by atoms with Crippen molar-refractivity contribution >= 4 is 32.1 Å². The van der Waals surface area contributed by atoms with Crippen LogP contribution in [0.3, 0.4) is 0 Å². The second-order valence-corrected chi connectivity index (χ2v) is 8.66. The van der Waals surface area contributed by atoms with Gasteiger partial charge in [-0.15, -0.1) is 0 Å². The average molecular weight is 486 g/mol. The normalized spacial score (nSPS) is 26.0. The maximum absolute atomic E-state index is 13.0. The van der Waals surface area contributed by atoms with Crippen LogP contribution in [-0.2, 0) is 14.9 Å². The van der Waals surface area contributed by atoms with Gasteiger partial charge in [-0.2, -0.15) is 8.42 Å². The van der Waals surface area contributed by atoms with Crippen molar-refractivity contribution in [3.8, 4) is 17.2 Å². The van der Waals surface area contributed by atoms with Crippen molar-refractivity contribution in [1.82, 2.24) is 0 Å². The van der Waals surface area contributed by atoms with E-state index in [9.17, 15) is 48.4 Å². The van der Waals surface area contributed by atoms with Crippen LogP contribution in [0, 0.1) is 0 Å². The van der Waals surface area contributed by atoms with E-state index < -0.39 is 85.8 Å². The third-order valence-corrected chi connectivity index (χ3v) is 6.11. The third-order valence-electron chi connectivity index (χ3n) is 5.20. The Kier molecular flexibility index (Phi) is 5.69. The van der Waals surface area contributed by atoms with Gasteiger partial charge in [0.2, 0.25) is 11.7 Å². The lowest BCUT2D eigenvalue weighted by Crippen LogP contribution is -2.60. The molecule has 0 amide bonds. The van der Waals surface area contributed by atoms with E-state index in [1.165, 1.54) is 18.2 Å². The molecule has 0 radical (unpaired) electrons. The summed E-state index contributed by atoms with van der Waals surface area (Å²) in [4.78, 5) is 11.8. The van der Waals surface area contributed by atoms with Crippen molar-refractivity contribution in [3.63, 3.8) is 0 Å². The zero-order chi connectivity index (χ0) is 24.2. The molecule has 0 aliphatic carbocycles. The zero-order valence-corrected chi connectivity index (χ0v) is 17.2. The summed E-state index contributed by atoms with van der Waals surface area (Å²) < 4.78 is 49.3. The fraction of sp³-hybridized carbons (Fsp3) is 0.316. The molecule has 0 bridgehead atoms. The van der Waals surface area contributed by atoms with E-state index in [0.717, 1.165) is 0 Å². The molecule has 1 aliphatic heterocycles. The van der Waals surface area contributed by atoms with E-state index in [1.807, 2.05) is 0 Å². The summed E-state index contributed by atoms with van der Waals surface area (Å²) in [6, 6.07) is 4.36.